The Morgan fingerprint density at radius 2 is 1.95 bits per heavy atom. The van der Waals surface area contributed by atoms with Gasteiger partial charge in [-0.3, -0.25) is 4.79 Å². The van der Waals surface area contributed by atoms with Crippen LogP contribution in [0.1, 0.15) is 25.3 Å². The van der Waals surface area contributed by atoms with Gasteiger partial charge in [0.05, 0.1) is 4.90 Å². The van der Waals surface area contributed by atoms with Crippen LogP contribution in [0.25, 0.3) is 0 Å². The number of carbonyl (C=O) groups excluding carboxylic acids is 1. The van der Waals surface area contributed by atoms with E-state index >= 15 is 0 Å². The predicted molar refractivity (Wildman–Crippen MR) is 84.5 cm³/mol. The van der Waals surface area contributed by atoms with Gasteiger partial charge in [0.2, 0.25) is 15.9 Å². The highest BCUT2D eigenvalue weighted by Crippen LogP contribution is 2.21. The third-order valence-corrected chi connectivity index (χ3v) is 6.11. The van der Waals surface area contributed by atoms with Crippen LogP contribution in [0.4, 0.5) is 0 Å². The van der Waals surface area contributed by atoms with Gasteiger partial charge in [-0.2, -0.15) is 0 Å². The number of hydrogen-bond acceptors (Lipinski definition) is 3. The summed E-state index contributed by atoms with van der Waals surface area (Å²) in [7, 11) is -3.51. The molecule has 21 heavy (non-hydrogen) atoms. The normalized spacial score (nSPS) is 17.0. The van der Waals surface area contributed by atoms with Crippen molar-refractivity contribution in [3.8, 4) is 0 Å². The van der Waals surface area contributed by atoms with Gasteiger partial charge in [-0.05, 0) is 43.5 Å². The molecule has 0 bridgehead atoms. The van der Waals surface area contributed by atoms with Crippen molar-refractivity contribution in [2.75, 3.05) is 13.1 Å². The van der Waals surface area contributed by atoms with Crippen molar-refractivity contribution in [2.24, 2.45) is 0 Å². The molecule has 0 saturated carbocycles. The lowest BCUT2D eigenvalue weighted by molar-refractivity contribution is -0.129. The van der Waals surface area contributed by atoms with Gasteiger partial charge in [0.1, 0.15) is 0 Å². The molecule has 0 atom stereocenters. The average Bonchev–Trinajstić information content (AvgIpc) is 2.42. The molecule has 1 aromatic rings. The largest absolute Gasteiger partial charge is 0.343 e. The molecular formula is C14H19BrN2O3S. The van der Waals surface area contributed by atoms with Crippen LogP contribution in [0.5, 0.6) is 0 Å². The summed E-state index contributed by atoms with van der Waals surface area (Å²) in [5.74, 6) is 0.0415. The lowest BCUT2D eigenvalue weighted by Gasteiger charge is -2.31. The molecule has 1 saturated heterocycles. The smallest absolute Gasteiger partial charge is 0.240 e. The molecule has 0 spiro atoms. The van der Waals surface area contributed by atoms with Crippen molar-refractivity contribution in [3.63, 3.8) is 0 Å². The fraction of sp³-hybridized carbons (Fsp3) is 0.500. The van der Waals surface area contributed by atoms with E-state index in [0.717, 1.165) is 10.0 Å². The Bertz CT molecular complexity index is 638. The van der Waals surface area contributed by atoms with E-state index in [1.54, 1.807) is 23.1 Å². The lowest BCUT2D eigenvalue weighted by Crippen LogP contribution is -2.45. The number of sulfonamides is 1. The molecule has 2 rings (SSSR count). The Hall–Kier alpha value is -0.920. The van der Waals surface area contributed by atoms with Crippen LogP contribution in [0.2, 0.25) is 0 Å². The molecule has 0 unspecified atom stereocenters. The van der Waals surface area contributed by atoms with E-state index in [1.165, 1.54) is 6.92 Å². The number of nitrogens with zero attached hydrogens (tertiary/aromatic N) is 1. The minimum Gasteiger partial charge on any atom is -0.343 e. The quantitative estimate of drug-likeness (QED) is 0.880. The summed E-state index contributed by atoms with van der Waals surface area (Å²) < 4.78 is 28.4. The van der Waals surface area contributed by atoms with Crippen LogP contribution in [0.15, 0.2) is 27.6 Å². The molecule has 1 aliphatic rings. The second-order valence-corrected chi connectivity index (χ2v) is 7.88. The predicted octanol–water partition coefficient (Wildman–Crippen LogP) is 2.05. The number of hydrogen-bond donors (Lipinski definition) is 1. The number of amides is 1. The highest BCUT2D eigenvalue weighted by atomic mass is 79.9. The number of halogens is 1. The first kappa shape index (κ1) is 16.5. The average molecular weight is 375 g/mol. The van der Waals surface area contributed by atoms with Gasteiger partial charge < -0.3 is 4.90 Å². The second kappa shape index (κ2) is 6.46. The standard InChI is InChI=1S/C14H19BrN2O3S/c1-10-9-13(3-4-14(10)15)21(19,20)16-12-5-7-17(8-6-12)11(2)18/h3-4,9,12,16H,5-8H2,1-2H3. The van der Waals surface area contributed by atoms with E-state index in [4.69, 9.17) is 0 Å². The summed E-state index contributed by atoms with van der Waals surface area (Å²) in [5.41, 5.74) is 0.879. The minimum absolute atomic E-state index is 0.0415. The summed E-state index contributed by atoms with van der Waals surface area (Å²) >= 11 is 3.36. The molecule has 7 heteroatoms. The summed E-state index contributed by atoms with van der Waals surface area (Å²) in [6.07, 6.45) is 1.29. The number of nitrogens with one attached hydrogen (secondary N) is 1. The second-order valence-electron chi connectivity index (χ2n) is 5.31. The molecule has 1 heterocycles. The van der Waals surface area contributed by atoms with Crippen molar-refractivity contribution < 1.29 is 13.2 Å². The van der Waals surface area contributed by atoms with E-state index in [-0.39, 0.29) is 16.8 Å². The minimum atomic E-state index is -3.51. The Morgan fingerprint density at radius 1 is 1.33 bits per heavy atom. The Morgan fingerprint density at radius 3 is 2.48 bits per heavy atom. The van der Waals surface area contributed by atoms with E-state index in [2.05, 4.69) is 20.7 Å². The van der Waals surface area contributed by atoms with E-state index < -0.39 is 10.0 Å². The Balaban J connectivity index is 2.05. The number of carbonyl (C=O) groups is 1. The van der Waals surface area contributed by atoms with Crippen LogP contribution >= 0.6 is 15.9 Å². The highest BCUT2D eigenvalue weighted by Gasteiger charge is 2.25. The molecular weight excluding hydrogens is 356 g/mol. The highest BCUT2D eigenvalue weighted by molar-refractivity contribution is 9.10. The van der Waals surface area contributed by atoms with Crippen molar-refractivity contribution in [3.05, 3.63) is 28.2 Å². The van der Waals surface area contributed by atoms with Crippen LogP contribution in [-0.2, 0) is 14.8 Å². The maximum atomic E-state index is 12.4. The van der Waals surface area contributed by atoms with E-state index in [9.17, 15) is 13.2 Å². The SMILES string of the molecule is CC(=O)N1CCC(NS(=O)(=O)c2ccc(Br)c(C)c2)CC1. The zero-order valence-electron chi connectivity index (χ0n) is 12.1. The van der Waals surface area contributed by atoms with Gasteiger partial charge in [0.25, 0.3) is 0 Å². The first-order chi connectivity index (χ1) is 9.79. The fourth-order valence-electron chi connectivity index (χ4n) is 2.38. The van der Waals surface area contributed by atoms with Gasteiger partial charge in [-0.1, -0.05) is 15.9 Å². The lowest BCUT2D eigenvalue weighted by atomic mass is 10.1. The molecule has 1 aromatic carbocycles. The third-order valence-electron chi connectivity index (χ3n) is 3.70. The van der Waals surface area contributed by atoms with Gasteiger partial charge in [-0.15, -0.1) is 0 Å². The van der Waals surface area contributed by atoms with Gasteiger partial charge >= 0.3 is 0 Å². The first-order valence-electron chi connectivity index (χ1n) is 6.83. The maximum Gasteiger partial charge on any atom is 0.240 e. The number of aryl methyl sites for hydroxylation is 1. The van der Waals surface area contributed by atoms with Gasteiger partial charge in [-0.25, -0.2) is 13.1 Å². The van der Waals surface area contributed by atoms with E-state index in [0.29, 0.717) is 25.9 Å². The van der Waals surface area contributed by atoms with Crippen LogP contribution in [0, 0.1) is 6.92 Å². The number of rotatable bonds is 3. The Kier molecular flexibility index (Phi) is 5.06. The number of piperidine rings is 1. The summed E-state index contributed by atoms with van der Waals surface area (Å²) in [4.78, 5) is 13.3. The Labute approximate surface area is 133 Å². The monoisotopic (exact) mass is 374 g/mol. The molecule has 116 valence electrons. The first-order valence-corrected chi connectivity index (χ1v) is 9.11. The summed E-state index contributed by atoms with van der Waals surface area (Å²) in [6.45, 7) is 4.59. The van der Waals surface area contributed by atoms with E-state index in [1.807, 2.05) is 6.92 Å². The van der Waals surface area contributed by atoms with Gasteiger partial charge in [0, 0.05) is 30.5 Å². The molecule has 1 N–H and O–H groups in total. The van der Waals surface area contributed by atoms with Crippen molar-refractivity contribution in [2.45, 2.75) is 37.6 Å². The molecule has 0 aromatic heterocycles. The molecule has 5 nitrogen and oxygen atoms in total. The summed E-state index contributed by atoms with van der Waals surface area (Å²) in [6, 6.07) is 4.86. The number of likely N-dealkylation sites (tertiary alicyclic amines) is 1. The fourth-order valence-corrected chi connectivity index (χ4v) is 4.02. The molecule has 0 radical (unpaired) electrons. The van der Waals surface area contributed by atoms with Crippen LogP contribution in [-0.4, -0.2) is 38.4 Å². The van der Waals surface area contributed by atoms with Crippen LogP contribution < -0.4 is 4.72 Å². The molecule has 0 aliphatic carbocycles. The van der Waals surface area contributed by atoms with Gasteiger partial charge in [0.15, 0.2) is 0 Å². The zero-order chi connectivity index (χ0) is 15.6. The molecule has 1 amide bonds. The molecule has 1 fully saturated rings. The molecule has 1 aliphatic heterocycles. The third kappa shape index (κ3) is 4.05. The zero-order valence-corrected chi connectivity index (χ0v) is 14.5. The summed E-state index contributed by atoms with van der Waals surface area (Å²) in [5, 5.41) is 0. The van der Waals surface area contributed by atoms with Crippen molar-refractivity contribution in [1.82, 2.24) is 9.62 Å². The topological polar surface area (TPSA) is 66.5 Å². The van der Waals surface area contributed by atoms with Crippen molar-refractivity contribution in [1.29, 1.82) is 0 Å². The number of benzene rings is 1. The van der Waals surface area contributed by atoms with Crippen LogP contribution in [0.3, 0.4) is 0 Å². The van der Waals surface area contributed by atoms with Crippen molar-refractivity contribution >= 4 is 31.9 Å². The maximum absolute atomic E-state index is 12.4.